The van der Waals surface area contributed by atoms with Crippen molar-refractivity contribution in [3.8, 4) is 0 Å². The summed E-state index contributed by atoms with van der Waals surface area (Å²) in [5.74, 6) is 0.476. The number of aliphatic hydroxyl groups is 1. The highest BCUT2D eigenvalue weighted by Gasteiger charge is 2.15. The minimum Gasteiger partial charge on any atom is -0.396 e. The van der Waals surface area contributed by atoms with Crippen molar-refractivity contribution in [1.82, 2.24) is 0 Å². The normalized spacial score (nSPS) is 15.2. The highest BCUT2D eigenvalue weighted by molar-refractivity contribution is 7.99. The van der Waals surface area contributed by atoms with Crippen LogP contribution in [-0.4, -0.2) is 35.6 Å². The number of allylic oxidation sites excluding steroid dienone is 2. The van der Waals surface area contributed by atoms with Gasteiger partial charge in [-0.3, -0.25) is 4.79 Å². The summed E-state index contributed by atoms with van der Waals surface area (Å²) in [5.41, 5.74) is 1.17. The van der Waals surface area contributed by atoms with Crippen molar-refractivity contribution in [3.05, 3.63) is 40.7 Å². The van der Waals surface area contributed by atoms with Crippen LogP contribution < -0.4 is 0 Å². The van der Waals surface area contributed by atoms with Gasteiger partial charge in [0, 0.05) is 23.5 Å². The van der Waals surface area contributed by atoms with Gasteiger partial charge in [0.15, 0.2) is 5.78 Å². The summed E-state index contributed by atoms with van der Waals surface area (Å²) in [4.78, 5) is 17.9. The molecule has 136 valence electrons. The highest BCUT2D eigenvalue weighted by Crippen LogP contribution is 2.24. The molecule has 0 spiro atoms. The number of aliphatic hydroxyl groups excluding tert-OH is 1. The first-order chi connectivity index (χ1) is 12.1. The molecular weight excluding hydrogens is 365 g/mol. The number of rotatable bonds is 9. The van der Waals surface area contributed by atoms with Gasteiger partial charge in [-0.25, -0.2) is 4.39 Å². The quantitative estimate of drug-likeness (QED) is 0.296. The number of hydrogen-bond donors (Lipinski definition) is 1. The standard InChI is InChI=1S/C18H21ClFNO3S/c19-16-11-15(6-7-17(16)20)25-9-3-8-24-21-14(12-22)10-13-4-1-2-5-18(13)23/h4,6-7,11,22H,1-3,5,8-10,12H2/b21-14-. The largest absolute Gasteiger partial charge is 0.396 e. The van der Waals surface area contributed by atoms with Crippen LogP contribution in [0.25, 0.3) is 0 Å². The maximum Gasteiger partial charge on any atom is 0.158 e. The second-order valence-corrected chi connectivity index (χ2v) is 7.22. The minimum absolute atomic E-state index is 0.116. The summed E-state index contributed by atoms with van der Waals surface area (Å²) >= 11 is 7.29. The predicted molar refractivity (Wildman–Crippen MR) is 98.8 cm³/mol. The summed E-state index contributed by atoms with van der Waals surface area (Å²) in [6.45, 7) is 0.172. The van der Waals surface area contributed by atoms with Crippen molar-refractivity contribution in [2.45, 2.75) is 37.0 Å². The molecule has 2 rings (SSSR count). The van der Waals surface area contributed by atoms with Crippen molar-refractivity contribution in [2.24, 2.45) is 5.16 Å². The van der Waals surface area contributed by atoms with Crippen LogP contribution in [-0.2, 0) is 9.63 Å². The predicted octanol–water partition coefficient (Wildman–Crippen LogP) is 4.40. The molecule has 1 N–H and O–H groups in total. The molecule has 0 amide bonds. The molecule has 4 nitrogen and oxygen atoms in total. The molecule has 0 bridgehead atoms. The zero-order valence-electron chi connectivity index (χ0n) is 13.8. The first-order valence-corrected chi connectivity index (χ1v) is 9.55. The molecule has 1 aromatic carbocycles. The Morgan fingerprint density at radius 3 is 3.00 bits per heavy atom. The number of halogens is 2. The summed E-state index contributed by atoms with van der Waals surface area (Å²) in [6, 6.07) is 4.63. The molecule has 0 atom stereocenters. The molecule has 1 aliphatic rings. The van der Waals surface area contributed by atoms with E-state index in [4.69, 9.17) is 16.4 Å². The summed E-state index contributed by atoms with van der Waals surface area (Å²) in [6.07, 6.45) is 5.35. The third-order valence-electron chi connectivity index (χ3n) is 3.67. The molecule has 7 heteroatoms. The van der Waals surface area contributed by atoms with Gasteiger partial charge < -0.3 is 9.94 Å². The van der Waals surface area contributed by atoms with Crippen molar-refractivity contribution in [1.29, 1.82) is 0 Å². The fourth-order valence-corrected chi connectivity index (χ4v) is 3.45. The summed E-state index contributed by atoms with van der Waals surface area (Å²) in [7, 11) is 0. The Morgan fingerprint density at radius 2 is 2.28 bits per heavy atom. The molecule has 0 heterocycles. The van der Waals surface area contributed by atoms with E-state index in [1.54, 1.807) is 23.9 Å². The van der Waals surface area contributed by atoms with E-state index in [1.807, 2.05) is 6.08 Å². The van der Waals surface area contributed by atoms with Crippen LogP contribution in [0.3, 0.4) is 0 Å². The van der Waals surface area contributed by atoms with Crippen LogP contribution >= 0.6 is 23.4 Å². The van der Waals surface area contributed by atoms with Gasteiger partial charge in [0.25, 0.3) is 0 Å². The topological polar surface area (TPSA) is 58.9 Å². The van der Waals surface area contributed by atoms with Crippen LogP contribution in [0.2, 0.25) is 5.02 Å². The lowest BCUT2D eigenvalue weighted by molar-refractivity contribution is -0.116. The second-order valence-electron chi connectivity index (χ2n) is 5.65. The molecule has 0 radical (unpaired) electrons. The number of benzene rings is 1. The Balaban J connectivity index is 1.69. The van der Waals surface area contributed by atoms with Gasteiger partial charge in [-0.05, 0) is 43.0 Å². The van der Waals surface area contributed by atoms with Gasteiger partial charge >= 0.3 is 0 Å². The molecular formula is C18H21ClFNO3S. The first-order valence-electron chi connectivity index (χ1n) is 8.19. The fourth-order valence-electron chi connectivity index (χ4n) is 2.34. The Hall–Kier alpha value is -1.37. The van der Waals surface area contributed by atoms with E-state index >= 15 is 0 Å². The molecule has 1 aliphatic carbocycles. The van der Waals surface area contributed by atoms with Gasteiger partial charge in [0.2, 0.25) is 0 Å². The zero-order chi connectivity index (χ0) is 18.1. The van der Waals surface area contributed by atoms with Gasteiger partial charge in [0.1, 0.15) is 12.4 Å². The van der Waals surface area contributed by atoms with E-state index < -0.39 is 5.82 Å². The number of ketones is 1. The van der Waals surface area contributed by atoms with Gasteiger partial charge in [0.05, 0.1) is 17.3 Å². The summed E-state index contributed by atoms with van der Waals surface area (Å²) < 4.78 is 13.1. The number of carbonyl (C=O) groups excluding carboxylic acids is 1. The van der Waals surface area contributed by atoms with Crippen LogP contribution in [0, 0.1) is 5.82 Å². The average molecular weight is 386 g/mol. The SMILES string of the molecule is O=C1CCCC=C1C/C(CO)=N/OCCCSc1ccc(F)c(Cl)c1. The number of carbonyl (C=O) groups is 1. The van der Waals surface area contributed by atoms with Crippen LogP contribution in [0.4, 0.5) is 4.39 Å². The molecule has 0 fully saturated rings. The van der Waals surface area contributed by atoms with E-state index in [2.05, 4.69) is 5.16 Å². The molecule has 0 saturated carbocycles. The van der Waals surface area contributed by atoms with E-state index in [0.717, 1.165) is 29.9 Å². The second kappa shape index (κ2) is 10.6. The molecule has 0 saturated heterocycles. The van der Waals surface area contributed by atoms with Gasteiger partial charge in [-0.1, -0.05) is 22.8 Å². The highest BCUT2D eigenvalue weighted by atomic mass is 35.5. The first kappa shape index (κ1) is 19.9. The van der Waals surface area contributed by atoms with Crippen molar-refractivity contribution in [3.63, 3.8) is 0 Å². The Kier molecular flexibility index (Phi) is 8.44. The maximum atomic E-state index is 13.1. The fraction of sp³-hybridized carbons (Fsp3) is 0.444. The van der Waals surface area contributed by atoms with Gasteiger partial charge in [-0.15, -0.1) is 11.8 Å². The molecule has 0 aromatic heterocycles. The Morgan fingerprint density at radius 1 is 1.44 bits per heavy atom. The van der Waals surface area contributed by atoms with Crippen molar-refractivity contribution in [2.75, 3.05) is 19.0 Å². The lowest BCUT2D eigenvalue weighted by Gasteiger charge is -2.11. The maximum absolute atomic E-state index is 13.1. The number of thioether (sulfide) groups is 1. The molecule has 1 aromatic rings. The molecule has 25 heavy (non-hydrogen) atoms. The van der Waals surface area contributed by atoms with Crippen molar-refractivity contribution < 1.29 is 19.1 Å². The lowest BCUT2D eigenvalue weighted by Crippen LogP contribution is -2.14. The van der Waals surface area contributed by atoms with Gasteiger partial charge in [-0.2, -0.15) is 0 Å². The number of Topliss-reactive ketones (excluding diaryl/α,β-unsaturated/α-hetero) is 1. The number of oxime groups is 1. The average Bonchev–Trinajstić information content (AvgIpc) is 2.61. The third kappa shape index (κ3) is 6.80. The smallest absolute Gasteiger partial charge is 0.158 e. The van der Waals surface area contributed by atoms with E-state index in [-0.39, 0.29) is 17.4 Å². The molecule has 0 aliphatic heterocycles. The third-order valence-corrected chi connectivity index (χ3v) is 5.04. The lowest BCUT2D eigenvalue weighted by atomic mass is 9.94. The number of hydrogen-bond acceptors (Lipinski definition) is 5. The van der Waals surface area contributed by atoms with Crippen molar-refractivity contribution >= 4 is 34.9 Å². The minimum atomic E-state index is -0.424. The zero-order valence-corrected chi connectivity index (χ0v) is 15.4. The van der Waals surface area contributed by atoms with E-state index in [9.17, 15) is 14.3 Å². The number of nitrogens with zero attached hydrogens (tertiary/aromatic N) is 1. The Labute approximate surface area is 156 Å². The molecule has 0 unspecified atom stereocenters. The van der Waals surface area contributed by atoms with E-state index in [0.29, 0.717) is 30.7 Å². The van der Waals surface area contributed by atoms with Crippen LogP contribution in [0.5, 0.6) is 0 Å². The monoisotopic (exact) mass is 385 g/mol. The van der Waals surface area contributed by atoms with Crippen LogP contribution in [0.15, 0.2) is 39.9 Å². The summed E-state index contributed by atoms with van der Waals surface area (Å²) in [5, 5.41) is 13.4. The van der Waals surface area contributed by atoms with Crippen LogP contribution in [0.1, 0.15) is 32.1 Å². The van der Waals surface area contributed by atoms with E-state index in [1.165, 1.54) is 6.07 Å². The Bertz CT molecular complexity index is 664.